The molecule has 0 atom stereocenters. The second-order valence-electron chi connectivity index (χ2n) is 6.19. The second-order valence-corrected chi connectivity index (χ2v) is 7.17. The Labute approximate surface area is 155 Å². The van der Waals surface area contributed by atoms with Crippen molar-refractivity contribution in [1.29, 1.82) is 0 Å². The molecular weight excluding hydrogens is 349 g/mol. The highest BCUT2D eigenvalue weighted by Crippen LogP contribution is 2.36. The molecule has 2 heterocycles. The maximum atomic E-state index is 13.2. The predicted molar refractivity (Wildman–Crippen MR) is 102 cm³/mol. The van der Waals surface area contributed by atoms with Crippen LogP contribution in [0.1, 0.15) is 23.2 Å². The summed E-state index contributed by atoms with van der Waals surface area (Å²) in [7, 11) is 0. The van der Waals surface area contributed by atoms with Gasteiger partial charge in [-0.3, -0.25) is 4.79 Å². The molecule has 1 aliphatic heterocycles. The van der Waals surface area contributed by atoms with E-state index in [1.165, 1.54) is 12.1 Å². The Morgan fingerprint density at radius 3 is 2.65 bits per heavy atom. The summed E-state index contributed by atoms with van der Waals surface area (Å²) in [5, 5.41) is 7.65. The summed E-state index contributed by atoms with van der Waals surface area (Å²) < 4.78 is 14.9. The van der Waals surface area contributed by atoms with Crippen molar-refractivity contribution in [2.75, 3.05) is 5.32 Å². The van der Waals surface area contributed by atoms with E-state index in [-0.39, 0.29) is 11.7 Å². The molecule has 0 fully saturated rings. The highest BCUT2D eigenvalue weighted by molar-refractivity contribution is 7.98. The maximum absolute atomic E-state index is 13.2. The molecular formula is C20H18FN3OS. The zero-order valence-electron chi connectivity index (χ0n) is 14.1. The summed E-state index contributed by atoms with van der Waals surface area (Å²) in [4.78, 5) is 12.5. The average Bonchev–Trinajstić information content (AvgIpc) is 3.24. The molecule has 1 aliphatic rings. The van der Waals surface area contributed by atoms with Crippen LogP contribution in [0.2, 0.25) is 0 Å². The maximum Gasteiger partial charge on any atom is 0.225 e. The number of carbonyl (C=O) groups excluding carboxylic acids is 1. The lowest BCUT2D eigenvalue weighted by Crippen LogP contribution is -2.16. The first-order valence-electron chi connectivity index (χ1n) is 8.49. The number of amides is 1. The first-order chi connectivity index (χ1) is 12.7. The highest BCUT2D eigenvalue weighted by atomic mass is 32.2. The summed E-state index contributed by atoms with van der Waals surface area (Å²) in [5.41, 5.74) is 3.92. The van der Waals surface area contributed by atoms with Crippen LogP contribution in [0, 0.1) is 5.82 Å². The Balaban J connectivity index is 1.55. The fraction of sp³-hybridized carbons (Fsp3) is 0.200. The third-order valence-corrected chi connectivity index (χ3v) is 5.33. The van der Waals surface area contributed by atoms with Crippen LogP contribution in [-0.2, 0) is 22.7 Å². The van der Waals surface area contributed by atoms with Crippen LogP contribution >= 0.6 is 11.8 Å². The number of nitrogens with zero attached hydrogens (tertiary/aromatic N) is 2. The minimum Gasteiger partial charge on any atom is -0.310 e. The van der Waals surface area contributed by atoms with Crippen LogP contribution in [-0.4, -0.2) is 15.7 Å². The van der Waals surface area contributed by atoms with Crippen LogP contribution in [0.4, 0.5) is 10.2 Å². The zero-order valence-corrected chi connectivity index (χ0v) is 14.9. The van der Waals surface area contributed by atoms with E-state index in [0.29, 0.717) is 18.7 Å². The normalized spacial score (nSPS) is 12.8. The fourth-order valence-electron chi connectivity index (χ4n) is 3.01. The number of aromatic nitrogens is 2. The molecule has 26 heavy (non-hydrogen) atoms. The number of nitrogens with one attached hydrogen (secondary N) is 1. The van der Waals surface area contributed by atoms with E-state index in [1.54, 1.807) is 28.6 Å². The fourth-order valence-corrected chi connectivity index (χ4v) is 4.04. The minimum atomic E-state index is -0.294. The van der Waals surface area contributed by atoms with Gasteiger partial charge in [-0.1, -0.05) is 30.3 Å². The van der Waals surface area contributed by atoms with Gasteiger partial charge in [0.25, 0.3) is 0 Å². The summed E-state index contributed by atoms with van der Waals surface area (Å²) in [5.74, 6) is 2.02. The van der Waals surface area contributed by atoms with Crippen molar-refractivity contribution in [2.24, 2.45) is 0 Å². The quantitative estimate of drug-likeness (QED) is 0.730. The van der Waals surface area contributed by atoms with E-state index < -0.39 is 0 Å². The molecule has 0 saturated carbocycles. The molecule has 1 N–H and O–H groups in total. The van der Waals surface area contributed by atoms with E-state index in [4.69, 9.17) is 0 Å². The van der Waals surface area contributed by atoms with Crippen LogP contribution in [0.3, 0.4) is 0 Å². The molecule has 1 amide bonds. The van der Waals surface area contributed by atoms with Gasteiger partial charge in [0.15, 0.2) is 0 Å². The Bertz CT molecular complexity index is 922. The average molecular weight is 367 g/mol. The summed E-state index contributed by atoms with van der Waals surface area (Å²) >= 11 is 1.78. The molecule has 2 aromatic carbocycles. The number of fused-ring (bicyclic) bond motifs is 1. The van der Waals surface area contributed by atoms with Crippen LogP contribution < -0.4 is 5.32 Å². The van der Waals surface area contributed by atoms with E-state index >= 15 is 0 Å². The molecule has 0 aliphatic carbocycles. The Morgan fingerprint density at radius 1 is 1.12 bits per heavy atom. The van der Waals surface area contributed by atoms with E-state index in [2.05, 4.69) is 10.4 Å². The second kappa shape index (κ2) is 7.33. The van der Waals surface area contributed by atoms with Gasteiger partial charge in [-0.2, -0.15) is 16.9 Å². The summed E-state index contributed by atoms with van der Waals surface area (Å²) in [6.45, 7) is 0. The Kier molecular flexibility index (Phi) is 4.75. The zero-order chi connectivity index (χ0) is 17.9. The third kappa shape index (κ3) is 3.51. The van der Waals surface area contributed by atoms with Crippen LogP contribution in [0.5, 0.6) is 0 Å². The molecule has 0 saturated heterocycles. The first kappa shape index (κ1) is 16.8. The number of rotatable bonds is 5. The molecule has 0 spiro atoms. The molecule has 4 nitrogen and oxygen atoms in total. The number of thioether (sulfide) groups is 1. The molecule has 3 aromatic rings. The first-order valence-corrected chi connectivity index (χ1v) is 9.64. The lowest BCUT2D eigenvalue weighted by molar-refractivity contribution is -0.116. The number of aryl methyl sites for hydroxylation is 1. The molecule has 0 unspecified atom stereocenters. The smallest absolute Gasteiger partial charge is 0.225 e. The Morgan fingerprint density at radius 2 is 1.88 bits per heavy atom. The van der Waals surface area contributed by atoms with Crippen molar-refractivity contribution in [3.8, 4) is 5.69 Å². The monoisotopic (exact) mass is 367 g/mol. The van der Waals surface area contributed by atoms with Crippen LogP contribution in [0.25, 0.3) is 5.69 Å². The van der Waals surface area contributed by atoms with Gasteiger partial charge in [-0.05, 0) is 36.2 Å². The molecule has 4 rings (SSSR count). The van der Waals surface area contributed by atoms with Crippen LogP contribution in [0.15, 0.2) is 54.6 Å². The summed E-state index contributed by atoms with van der Waals surface area (Å²) in [6.07, 6.45) is 1.09. The summed E-state index contributed by atoms with van der Waals surface area (Å²) in [6, 6.07) is 16.1. The van der Waals surface area contributed by atoms with Gasteiger partial charge in [-0.15, -0.1) is 0 Å². The molecule has 1 aromatic heterocycles. The number of anilines is 1. The van der Waals surface area contributed by atoms with E-state index in [9.17, 15) is 9.18 Å². The number of benzene rings is 2. The van der Waals surface area contributed by atoms with E-state index in [0.717, 1.165) is 34.0 Å². The molecule has 132 valence electrons. The van der Waals surface area contributed by atoms with Gasteiger partial charge < -0.3 is 5.32 Å². The van der Waals surface area contributed by atoms with Gasteiger partial charge in [0.05, 0.1) is 11.4 Å². The minimum absolute atomic E-state index is 0.0446. The predicted octanol–water partition coefficient (Wildman–Crippen LogP) is 4.33. The van der Waals surface area contributed by atoms with Crippen molar-refractivity contribution in [3.05, 3.63) is 77.2 Å². The number of halogens is 1. The Hall–Kier alpha value is -2.60. The third-order valence-electron chi connectivity index (χ3n) is 4.36. The van der Waals surface area contributed by atoms with Crippen molar-refractivity contribution in [2.45, 2.75) is 24.3 Å². The molecule has 6 heteroatoms. The highest BCUT2D eigenvalue weighted by Gasteiger charge is 2.24. The van der Waals surface area contributed by atoms with Gasteiger partial charge in [0.2, 0.25) is 5.91 Å². The van der Waals surface area contributed by atoms with Crippen molar-refractivity contribution in [3.63, 3.8) is 0 Å². The van der Waals surface area contributed by atoms with Gasteiger partial charge in [0, 0.05) is 23.5 Å². The number of hydrogen-bond donors (Lipinski definition) is 1. The van der Waals surface area contributed by atoms with Gasteiger partial charge >= 0.3 is 0 Å². The topological polar surface area (TPSA) is 46.9 Å². The van der Waals surface area contributed by atoms with E-state index in [1.807, 2.05) is 30.3 Å². The molecule has 0 radical (unpaired) electrons. The van der Waals surface area contributed by atoms with Crippen molar-refractivity contribution < 1.29 is 9.18 Å². The van der Waals surface area contributed by atoms with Gasteiger partial charge in [0.1, 0.15) is 11.6 Å². The van der Waals surface area contributed by atoms with Gasteiger partial charge in [-0.25, -0.2) is 9.07 Å². The standard InChI is InChI=1S/C20H18FN3OS/c21-15-7-9-16(10-8-15)24-20(17-12-26-13-18(17)23-24)22-19(25)11-6-14-4-2-1-3-5-14/h1-5,7-10H,6,11-13H2,(H,22,25). The van der Waals surface area contributed by atoms with Crippen molar-refractivity contribution in [1.82, 2.24) is 9.78 Å². The molecule has 0 bridgehead atoms. The lowest BCUT2D eigenvalue weighted by atomic mass is 10.1. The number of hydrogen-bond acceptors (Lipinski definition) is 3. The lowest BCUT2D eigenvalue weighted by Gasteiger charge is -2.11. The largest absolute Gasteiger partial charge is 0.310 e. The SMILES string of the molecule is O=C(CCc1ccccc1)Nc1c2c(nn1-c1ccc(F)cc1)CSC2. The van der Waals surface area contributed by atoms with Crippen molar-refractivity contribution >= 4 is 23.5 Å². The number of carbonyl (C=O) groups is 1.